The lowest BCUT2D eigenvalue weighted by atomic mass is 9.33. The first-order valence-electron chi connectivity index (χ1n) is 13.8. The highest BCUT2D eigenvalue weighted by atomic mass is 32.2. The zero-order chi connectivity index (χ0) is 27.8. The fourth-order valence-corrected chi connectivity index (χ4v) is 7.34. The van der Waals surface area contributed by atoms with Gasteiger partial charge in [0.25, 0.3) is 0 Å². The molecule has 0 amide bonds. The third-order valence-electron chi connectivity index (χ3n) is 8.36. The van der Waals surface area contributed by atoms with Gasteiger partial charge >= 0.3 is 0 Å². The third kappa shape index (κ3) is 4.02. The van der Waals surface area contributed by atoms with Crippen LogP contribution < -0.4 is 21.3 Å². The Morgan fingerprint density at radius 2 is 1.38 bits per heavy atom. The summed E-state index contributed by atoms with van der Waals surface area (Å²) in [6.07, 6.45) is 0. The molecule has 6 rings (SSSR count). The number of rotatable bonds is 3. The number of aryl methyl sites for hydroxylation is 2. The molecule has 4 aromatic rings. The molecule has 0 spiro atoms. The summed E-state index contributed by atoms with van der Waals surface area (Å²) in [5.41, 5.74) is 16.5. The van der Waals surface area contributed by atoms with Gasteiger partial charge in [0.1, 0.15) is 0 Å². The van der Waals surface area contributed by atoms with Crippen LogP contribution in [0.2, 0.25) is 0 Å². The monoisotopic (exact) mass is 525 g/mol. The van der Waals surface area contributed by atoms with Crippen LogP contribution in [0.4, 0.5) is 17.1 Å². The van der Waals surface area contributed by atoms with Crippen LogP contribution in [-0.2, 0) is 5.41 Å². The Kier molecular flexibility index (Phi) is 6.00. The minimum absolute atomic E-state index is 0.0410. The Morgan fingerprint density at radius 1 is 0.744 bits per heavy atom. The molecule has 0 fully saturated rings. The second-order valence-electron chi connectivity index (χ2n) is 12.3. The first kappa shape index (κ1) is 25.8. The van der Waals surface area contributed by atoms with E-state index in [0.29, 0.717) is 0 Å². The SMILES string of the molecule is C=C(C)c1cccc(C(=C)C)c1B1c2ccc(C(C)(C)C)cc2N2c3cc(C)c(C)cc3Sc3cccc1c32. The van der Waals surface area contributed by atoms with E-state index in [-0.39, 0.29) is 12.1 Å². The summed E-state index contributed by atoms with van der Waals surface area (Å²) in [7, 11) is 0. The maximum atomic E-state index is 4.40. The first-order chi connectivity index (χ1) is 18.5. The molecule has 0 saturated heterocycles. The smallest absolute Gasteiger partial charge is 0.248 e. The van der Waals surface area contributed by atoms with Crippen molar-refractivity contribution in [1.82, 2.24) is 0 Å². The molecule has 0 aliphatic carbocycles. The van der Waals surface area contributed by atoms with E-state index >= 15 is 0 Å². The zero-order valence-corrected chi connectivity index (χ0v) is 25.0. The van der Waals surface area contributed by atoms with Crippen molar-refractivity contribution in [3.63, 3.8) is 0 Å². The zero-order valence-electron chi connectivity index (χ0n) is 24.2. The lowest BCUT2D eigenvalue weighted by Gasteiger charge is -2.42. The number of nitrogens with zero attached hydrogens (tertiary/aromatic N) is 1. The number of hydrogen-bond donors (Lipinski definition) is 0. The second-order valence-corrected chi connectivity index (χ2v) is 13.4. The predicted octanol–water partition coefficient (Wildman–Crippen LogP) is 8.43. The molecule has 2 aliphatic heterocycles. The average molecular weight is 526 g/mol. The third-order valence-corrected chi connectivity index (χ3v) is 9.46. The van der Waals surface area contributed by atoms with Crippen molar-refractivity contribution in [3.8, 4) is 0 Å². The first-order valence-corrected chi connectivity index (χ1v) is 14.6. The molecular formula is C36H36BNS. The molecule has 4 aromatic carbocycles. The molecule has 0 aromatic heterocycles. The maximum absolute atomic E-state index is 4.40. The van der Waals surface area contributed by atoms with Gasteiger partial charge in [-0.25, -0.2) is 0 Å². The van der Waals surface area contributed by atoms with Crippen LogP contribution in [0.1, 0.15) is 62.4 Å². The van der Waals surface area contributed by atoms with E-state index in [9.17, 15) is 0 Å². The summed E-state index contributed by atoms with van der Waals surface area (Å²) < 4.78 is 0. The highest BCUT2D eigenvalue weighted by Crippen LogP contribution is 2.52. The van der Waals surface area contributed by atoms with Crippen molar-refractivity contribution < 1.29 is 0 Å². The lowest BCUT2D eigenvalue weighted by Crippen LogP contribution is -2.59. The summed E-state index contributed by atoms with van der Waals surface area (Å²) in [5.74, 6) is 0. The maximum Gasteiger partial charge on any atom is 0.248 e. The average Bonchev–Trinajstić information content (AvgIpc) is 2.88. The molecule has 0 radical (unpaired) electrons. The van der Waals surface area contributed by atoms with E-state index in [1.165, 1.54) is 71.1 Å². The van der Waals surface area contributed by atoms with E-state index < -0.39 is 0 Å². The number of anilines is 3. The molecule has 2 heterocycles. The van der Waals surface area contributed by atoms with E-state index in [1.54, 1.807) is 0 Å². The Balaban J connectivity index is 1.75. The van der Waals surface area contributed by atoms with Gasteiger partial charge in [0.05, 0.1) is 11.4 Å². The Bertz CT molecular complexity index is 1670. The number of hydrogen-bond acceptors (Lipinski definition) is 2. The highest BCUT2D eigenvalue weighted by molar-refractivity contribution is 7.99. The standard InChI is InChI=1S/C36H36BNS/c1-21(2)26-12-10-13-27(22(3)4)34(26)37-28-17-16-25(36(7,8)9)20-30(28)38-31-18-23(5)24(6)19-33(31)39-32-15-11-14-29(37)35(32)38/h10-20H,1,3H2,2,4-9H3. The molecule has 0 N–H and O–H groups in total. The fourth-order valence-electron chi connectivity index (χ4n) is 6.16. The molecule has 0 saturated carbocycles. The van der Waals surface area contributed by atoms with Gasteiger partial charge in [0.2, 0.25) is 6.71 Å². The summed E-state index contributed by atoms with van der Waals surface area (Å²) in [4.78, 5) is 5.18. The normalized spacial score (nSPS) is 13.5. The van der Waals surface area contributed by atoms with Crippen LogP contribution in [0.15, 0.2) is 89.7 Å². The topological polar surface area (TPSA) is 3.24 Å². The number of allylic oxidation sites excluding steroid dienone is 2. The van der Waals surface area contributed by atoms with Crippen molar-refractivity contribution in [2.24, 2.45) is 0 Å². The highest BCUT2D eigenvalue weighted by Gasteiger charge is 2.41. The molecule has 2 aliphatic rings. The Hall–Kier alpha value is -3.43. The molecule has 39 heavy (non-hydrogen) atoms. The van der Waals surface area contributed by atoms with Crippen molar-refractivity contribution in [1.29, 1.82) is 0 Å². The number of benzene rings is 4. The Labute approximate surface area is 238 Å². The van der Waals surface area contributed by atoms with Gasteiger partial charge in [-0.3, -0.25) is 0 Å². The Morgan fingerprint density at radius 3 is 2.03 bits per heavy atom. The molecule has 194 valence electrons. The molecule has 0 unspecified atom stereocenters. The van der Waals surface area contributed by atoms with Gasteiger partial charge in [0, 0.05) is 15.5 Å². The van der Waals surface area contributed by atoms with Gasteiger partial charge in [0.15, 0.2) is 0 Å². The van der Waals surface area contributed by atoms with Crippen LogP contribution in [0.3, 0.4) is 0 Å². The molecular weight excluding hydrogens is 489 g/mol. The van der Waals surface area contributed by atoms with Crippen LogP contribution in [0, 0.1) is 13.8 Å². The summed E-state index contributed by atoms with van der Waals surface area (Å²) >= 11 is 1.90. The van der Waals surface area contributed by atoms with Crippen LogP contribution in [0.25, 0.3) is 11.1 Å². The van der Waals surface area contributed by atoms with E-state index in [0.717, 1.165) is 11.1 Å². The minimum atomic E-state index is 0.0410. The van der Waals surface area contributed by atoms with Crippen molar-refractivity contribution in [2.45, 2.75) is 63.7 Å². The fraction of sp³-hybridized carbons (Fsp3) is 0.222. The minimum Gasteiger partial charge on any atom is -0.309 e. The predicted molar refractivity (Wildman–Crippen MR) is 174 cm³/mol. The second kappa shape index (κ2) is 9.06. The van der Waals surface area contributed by atoms with Gasteiger partial charge in [-0.2, -0.15) is 0 Å². The van der Waals surface area contributed by atoms with Gasteiger partial charge < -0.3 is 4.90 Å². The quantitative estimate of drug-likeness (QED) is 0.213. The van der Waals surface area contributed by atoms with Crippen LogP contribution in [0.5, 0.6) is 0 Å². The van der Waals surface area contributed by atoms with Crippen molar-refractivity contribution >= 4 is 63.1 Å². The molecule has 3 heteroatoms. The molecule has 0 bridgehead atoms. The van der Waals surface area contributed by atoms with Gasteiger partial charge in [-0.1, -0.05) is 105 Å². The van der Waals surface area contributed by atoms with Crippen molar-refractivity contribution in [2.75, 3.05) is 4.90 Å². The summed E-state index contributed by atoms with van der Waals surface area (Å²) in [5, 5.41) is 0. The van der Waals surface area contributed by atoms with Crippen molar-refractivity contribution in [3.05, 3.63) is 108 Å². The largest absolute Gasteiger partial charge is 0.309 e. The van der Waals surface area contributed by atoms with Gasteiger partial charge in [-0.15, -0.1) is 0 Å². The van der Waals surface area contributed by atoms with E-state index in [4.69, 9.17) is 0 Å². The number of para-hydroxylation sites is 1. The summed E-state index contributed by atoms with van der Waals surface area (Å²) in [6, 6.07) is 25.4. The lowest BCUT2D eigenvalue weighted by molar-refractivity contribution is 0.590. The van der Waals surface area contributed by atoms with E-state index in [2.05, 4.69) is 133 Å². The molecule has 0 atom stereocenters. The van der Waals surface area contributed by atoms with Crippen LogP contribution in [-0.4, -0.2) is 6.71 Å². The molecule has 1 nitrogen and oxygen atoms in total. The number of fused-ring (bicyclic) bond motifs is 4. The van der Waals surface area contributed by atoms with Gasteiger partial charge in [-0.05, 0) is 96.1 Å². The van der Waals surface area contributed by atoms with Crippen LogP contribution >= 0.6 is 11.8 Å². The van der Waals surface area contributed by atoms with E-state index in [1.807, 2.05) is 11.8 Å². The summed E-state index contributed by atoms with van der Waals surface area (Å²) in [6.45, 7) is 24.5.